The Morgan fingerprint density at radius 2 is 1.77 bits per heavy atom. The normalized spacial score (nSPS) is 12.4. The number of fused-ring (bicyclic) bond motifs is 1. The minimum absolute atomic E-state index is 0.262. The molecule has 3 aromatic carbocycles. The Labute approximate surface area is 191 Å². The number of hydrogen-bond donors (Lipinski definition) is 4. The van der Waals surface area contributed by atoms with Gasteiger partial charge in [0.1, 0.15) is 0 Å². The van der Waals surface area contributed by atoms with E-state index in [0.717, 1.165) is 22.6 Å². The lowest BCUT2D eigenvalue weighted by atomic mass is 10.1. The molecule has 0 amide bonds. The largest absolute Gasteiger partial charge is 0.339 e. The van der Waals surface area contributed by atoms with E-state index >= 15 is 0 Å². The number of hydrogen-bond acceptors (Lipinski definition) is 5. The fourth-order valence-corrected chi connectivity index (χ4v) is 5.08. The van der Waals surface area contributed by atoms with E-state index in [-0.39, 0.29) is 6.17 Å². The molecule has 1 heterocycles. The second-order valence-electron chi connectivity index (χ2n) is 7.50. The van der Waals surface area contributed by atoms with E-state index in [2.05, 4.69) is 83.1 Å². The van der Waals surface area contributed by atoms with Crippen LogP contribution in [-0.4, -0.2) is 10.7 Å². The molecular weight excluding hydrogens is 426 g/mol. The zero-order chi connectivity index (χ0) is 21.8. The molecule has 31 heavy (non-hydrogen) atoms. The first kappa shape index (κ1) is 21.9. The number of hydrazine groups is 2. The molecule has 0 aliphatic carbocycles. The highest BCUT2D eigenvalue weighted by Gasteiger charge is 2.16. The highest BCUT2D eigenvalue weighted by molar-refractivity contribution is 7.99. The Bertz CT molecular complexity index is 1180. The molecule has 6 N–H and O–H groups in total. The van der Waals surface area contributed by atoms with Crippen molar-refractivity contribution in [2.45, 2.75) is 35.8 Å². The summed E-state index contributed by atoms with van der Waals surface area (Å²) in [5.41, 5.74) is 16.0. The first-order chi connectivity index (χ1) is 15.0. The SMILES string of the molecule is Cc1c(Sc2cccc(CC(N)NNN)c2)c2ccc(Cl)cc2n1Cc1ccccc1. The fourth-order valence-electron chi connectivity index (χ4n) is 3.78. The van der Waals surface area contributed by atoms with Gasteiger partial charge in [0.05, 0.1) is 11.7 Å². The summed E-state index contributed by atoms with van der Waals surface area (Å²) in [6, 6.07) is 25.1. The molecule has 0 aliphatic rings. The van der Waals surface area contributed by atoms with Gasteiger partial charge in [0.2, 0.25) is 0 Å². The molecule has 1 aromatic heterocycles. The fraction of sp³-hybridized carbons (Fsp3) is 0.167. The van der Waals surface area contributed by atoms with Crippen molar-refractivity contribution < 1.29 is 0 Å². The Morgan fingerprint density at radius 1 is 1.00 bits per heavy atom. The Morgan fingerprint density at radius 3 is 2.55 bits per heavy atom. The van der Waals surface area contributed by atoms with Crippen LogP contribution in [0.1, 0.15) is 16.8 Å². The van der Waals surface area contributed by atoms with Crippen molar-refractivity contribution in [2.75, 3.05) is 0 Å². The molecule has 160 valence electrons. The van der Waals surface area contributed by atoms with E-state index in [4.69, 9.17) is 23.2 Å². The van der Waals surface area contributed by atoms with E-state index in [9.17, 15) is 0 Å². The third-order valence-corrected chi connectivity index (χ3v) is 6.70. The predicted octanol–water partition coefficient (Wildman–Crippen LogP) is 4.60. The van der Waals surface area contributed by atoms with E-state index in [1.807, 2.05) is 12.1 Å². The van der Waals surface area contributed by atoms with Crippen LogP contribution in [0.5, 0.6) is 0 Å². The summed E-state index contributed by atoms with van der Waals surface area (Å²) >= 11 is 8.13. The molecule has 0 aliphatic heterocycles. The zero-order valence-electron chi connectivity index (χ0n) is 17.3. The molecule has 1 unspecified atom stereocenters. The molecule has 7 heteroatoms. The lowest BCUT2D eigenvalue weighted by molar-refractivity contribution is 0.444. The average molecular weight is 452 g/mol. The lowest BCUT2D eigenvalue weighted by Gasteiger charge is -2.13. The number of aromatic nitrogens is 1. The molecule has 0 saturated carbocycles. The number of halogens is 1. The second-order valence-corrected chi connectivity index (χ2v) is 9.02. The first-order valence-corrected chi connectivity index (χ1v) is 11.3. The van der Waals surface area contributed by atoms with Crippen molar-refractivity contribution in [2.24, 2.45) is 11.6 Å². The summed E-state index contributed by atoms with van der Waals surface area (Å²) in [5, 5.41) is 1.95. The maximum absolute atomic E-state index is 6.36. The number of nitrogens with one attached hydrogen (secondary N) is 2. The third kappa shape index (κ3) is 5.13. The molecule has 0 bridgehead atoms. The van der Waals surface area contributed by atoms with E-state index < -0.39 is 0 Å². The lowest BCUT2D eigenvalue weighted by Crippen LogP contribution is -2.50. The van der Waals surface area contributed by atoms with Crippen LogP contribution in [0.2, 0.25) is 5.02 Å². The van der Waals surface area contributed by atoms with Gasteiger partial charge in [-0.05, 0) is 42.3 Å². The Hall–Kier alpha value is -2.32. The number of rotatable bonds is 8. The van der Waals surface area contributed by atoms with Crippen molar-refractivity contribution in [3.8, 4) is 0 Å². The first-order valence-electron chi connectivity index (χ1n) is 10.1. The van der Waals surface area contributed by atoms with Crippen LogP contribution >= 0.6 is 23.4 Å². The highest BCUT2D eigenvalue weighted by atomic mass is 35.5. The second kappa shape index (κ2) is 9.87. The maximum atomic E-state index is 6.36. The smallest absolute Gasteiger partial charge is 0.0733 e. The molecule has 0 spiro atoms. The van der Waals surface area contributed by atoms with Gasteiger partial charge in [-0.25, -0.2) is 5.43 Å². The summed E-state index contributed by atoms with van der Waals surface area (Å²) in [4.78, 5) is 2.41. The van der Waals surface area contributed by atoms with Crippen molar-refractivity contribution in [3.63, 3.8) is 0 Å². The van der Waals surface area contributed by atoms with Crippen LogP contribution in [0.3, 0.4) is 0 Å². The highest BCUT2D eigenvalue weighted by Crippen LogP contribution is 2.39. The molecule has 1 atom stereocenters. The van der Waals surface area contributed by atoms with Crippen molar-refractivity contribution in [1.29, 1.82) is 0 Å². The van der Waals surface area contributed by atoms with Gasteiger partial charge < -0.3 is 10.3 Å². The van der Waals surface area contributed by atoms with Crippen LogP contribution < -0.4 is 22.5 Å². The van der Waals surface area contributed by atoms with Gasteiger partial charge in [0.15, 0.2) is 0 Å². The van der Waals surface area contributed by atoms with Crippen LogP contribution in [-0.2, 0) is 13.0 Å². The van der Waals surface area contributed by atoms with E-state index in [0.29, 0.717) is 6.42 Å². The topological polar surface area (TPSA) is 81.0 Å². The van der Waals surface area contributed by atoms with Crippen LogP contribution in [0, 0.1) is 6.92 Å². The van der Waals surface area contributed by atoms with Gasteiger partial charge in [0.25, 0.3) is 0 Å². The maximum Gasteiger partial charge on any atom is 0.0733 e. The third-order valence-electron chi connectivity index (χ3n) is 5.25. The van der Waals surface area contributed by atoms with E-state index in [1.165, 1.54) is 26.4 Å². The van der Waals surface area contributed by atoms with Crippen LogP contribution in [0.15, 0.2) is 82.6 Å². The standard InChI is InChI=1S/C24H26ClN5S/c1-16-24(31-20-9-5-8-18(12-20)13-23(26)28-29-27)21-11-10-19(25)14-22(21)30(16)15-17-6-3-2-4-7-17/h2-12,14,23,28-29H,13,15,26-27H2,1H3. The molecular formula is C24H26ClN5S. The summed E-state index contributed by atoms with van der Waals surface area (Å²) in [5.74, 6) is 5.30. The van der Waals surface area contributed by atoms with Crippen molar-refractivity contribution >= 4 is 34.3 Å². The van der Waals surface area contributed by atoms with Crippen molar-refractivity contribution in [1.82, 2.24) is 15.5 Å². The molecule has 0 radical (unpaired) electrons. The molecule has 0 fully saturated rings. The van der Waals surface area contributed by atoms with Crippen molar-refractivity contribution in [3.05, 3.63) is 94.6 Å². The van der Waals surface area contributed by atoms with Gasteiger partial charge in [-0.2, -0.15) is 5.53 Å². The monoisotopic (exact) mass is 451 g/mol. The van der Waals surface area contributed by atoms with Gasteiger partial charge in [0, 0.05) is 38.9 Å². The predicted molar refractivity (Wildman–Crippen MR) is 130 cm³/mol. The number of nitrogens with two attached hydrogens (primary N) is 2. The van der Waals surface area contributed by atoms with E-state index in [1.54, 1.807) is 11.8 Å². The van der Waals surface area contributed by atoms with Gasteiger partial charge in [-0.15, -0.1) is 0 Å². The van der Waals surface area contributed by atoms with Gasteiger partial charge in [-0.3, -0.25) is 5.84 Å². The Balaban J connectivity index is 1.69. The quantitative estimate of drug-likeness (QED) is 0.179. The minimum Gasteiger partial charge on any atom is -0.339 e. The van der Waals surface area contributed by atoms with Crippen LogP contribution in [0.25, 0.3) is 10.9 Å². The zero-order valence-corrected chi connectivity index (χ0v) is 18.9. The molecule has 0 saturated heterocycles. The molecule has 4 aromatic rings. The van der Waals surface area contributed by atoms with Gasteiger partial charge in [-0.1, -0.05) is 71.9 Å². The summed E-state index contributed by atoms with van der Waals surface area (Å²) in [6.45, 7) is 2.98. The minimum atomic E-state index is -0.262. The summed E-state index contributed by atoms with van der Waals surface area (Å²) < 4.78 is 2.34. The number of nitrogens with zero attached hydrogens (tertiary/aromatic N) is 1. The molecule has 4 rings (SSSR count). The average Bonchev–Trinajstić information content (AvgIpc) is 3.00. The van der Waals surface area contributed by atoms with Crippen LogP contribution in [0.4, 0.5) is 0 Å². The van der Waals surface area contributed by atoms with Gasteiger partial charge >= 0.3 is 0 Å². The number of benzene rings is 3. The Kier molecular flexibility index (Phi) is 6.97. The summed E-state index contributed by atoms with van der Waals surface area (Å²) in [7, 11) is 0. The summed E-state index contributed by atoms with van der Waals surface area (Å²) in [6.07, 6.45) is 0.407. The molecule has 5 nitrogen and oxygen atoms in total.